The maximum Gasteiger partial charge on any atom is 0.257 e. The van der Waals surface area contributed by atoms with E-state index in [0.717, 1.165) is 35.8 Å². The van der Waals surface area contributed by atoms with Crippen molar-refractivity contribution in [2.24, 2.45) is 0 Å². The normalized spacial score (nSPS) is 14.0. The van der Waals surface area contributed by atoms with E-state index in [1.54, 1.807) is 35.6 Å². The number of carbonyl (C=O) groups is 2. The van der Waals surface area contributed by atoms with Crippen molar-refractivity contribution in [3.8, 4) is 0 Å². The molecule has 0 aliphatic carbocycles. The van der Waals surface area contributed by atoms with Gasteiger partial charge in [0, 0.05) is 48.8 Å². The second-order valence-electron chi connectivity index (χ2n) is 7.12. The Bertz CT molecular complexity index is 869. The van der Waals surface area contributed by atoms with Gasteiger partial charge in [-0.2, -0.15) is 0 Å². The first kappa shape index (κ1) is 33.9. The van der Waals surface area contributed by atoms with Crippen molar-refractivity contribution in [2.45, 2.75) is 54.5 Å². The molecule has 9 heteroatoms. The van der Waals surface area contributed by atoms with Gasteiger partial charge in [0.15, 0.2) is 0 Å². The molecule has 1 aromatic heterocycles. The van der Waals surface area contributed by atoms with Gasteiger partial charge >= 0.3 is 0 Å². The van der Waals surface area contributed by atoms with Crippen molar-refractivity contribution in [3.63, 3.8) is 0 Å². The molecule has 2 amide bonds. The first-order valence-electron chi connectivity index (χ1n) is 12.9. The molecule has 0 unspecified atom stereocenters. The number of amides is 2. The number of benzene rings is 1. The molecular weight excluding hydrogens is 496 g/mol. The number of fused-ring (bicyclic) bond motifs is 1. The number of carbonyl (C=O) groups excluding carboxylic acids is 2. The van der Waals surface area contributed by atoms with Crippen LogP contribution in [0.4, 0.5) is 10.7 Å². The van der Waals surface area contributed by atoms with E-state index in [2.05, 4.69) is 22.6 Å². The van der Waals surface area contributed by atoms with Crippen molar-refractivity contribution in [3.05, 3.63) is 45.3 Å². The highest BCUT2D eigenvalue weighted by atomic mass is 35.5. The Hall–Kier alpha value is -2.13. The van der Waals surface area contributed by atoms with Crippen LogP contribution < -0.4 is 10.6 Å². The first-order valence-corrected chi connectivity index (χ1v) is 14.1. The SMILES string of the molecule is CC.CC.CC.CNc1sc2c(c1C(=O)N1CCOCC1)CCN(C)C2.O=CNc1ccc(Cl)cc1. The van der Waals surface area contributed by atoms with Crippen LogP contribution in [-0.4, -0.2) is 69.1 Å². The Labute approximate surface area is 227 Å². The molecule has 0 atom stereocenters. The van der Waals surface area contributed by atoms with Crippen molar-refractivity contribution in [1.82, 2.24) is 9.80 Å². The molecule has 1 aromatic carbocycles. The van der Waals surface area contributed by atoms with Gasteiger partial charge < -0.3 is 25.2 Å². The largest absolute Gasteiger partial charge is 0.379 e. The maximum absolute atomic E-state index is 12.8. The number of rotatable bonds is 4. The molecule has 36 heavy (non-hydrogen) atoms. The van der Waals surface area contributed by atoms with Gasteiger partial charge in [-0.3, -0.25) is 9.59 Å². The Kier molecular flexibility index (Phi) is 18.8. The number of anilines is 2. The van der Waals surface area contributed by atoms with E-state index >= 15 is 0 Å². The number of halogens is 1. The molecule has 1 saturated heterocycles. The smallest absolute Gasteiger partial charge is 0.257 e. The summed E-state index contributed by atoms with van der Waals surface area (Å²) >= 11 is 7.32. The molecule has 3 heterocycles. The Morgan fingerprint density at radius 1 is 1.03 bits per heavy atom. The molecular formula is C27H45ClN4O3S. The van der Waals surface area contributed by atoms with Gasteiger partial charge in [0.05, 0.1) is 18.8 Å². The fourth-order valence-electron chi connectivity index (χ4n) is 3.47. The summed E-state index contributed by atoms with van der Waals surface area (Å²) in [5.74, 6) is 0.166. The molecule has 2 N–H and O–H groups in total. The van der Waals surface area contributed by atoms with Gasteiger partial charge in [-0.15, -0.1) is 11.3 Å². The van der Waals surface area contributed by atoms with Crippen LogP contribution in [0, 0.1) is 0 Å². The summed E-state index contributed by atoms with van der Waals surface area (Å²) < 4.78 is 5.34. The zero-order valence-corrected chi connectivity index (χ0v) is 24.8. The predicted molar refractivity (Wildman–Crippen MR) is 156 cm³/mol. The van der Waals surface area contributed by atoms with E-state index in [-0.39, 0.29) is 5.91 Å². The number of nitrogens with one attached hydrogen (secondary N) is 2. The lowest BCUT2D eigenvalue weighted by molar-refractivity contribution is -0.105. The van der Waals surface area contributed by atoms with Crippen LogP contribution in [0.3, 0.4) is 0 Å². The Balaban J connectivity index is 0.000000647. The summed E-state index contributed by atoms with van der Waals surface area (Å²) in [7, 11) is 4.03. The summed E-state index contributed by atoms with van der Waals surface area (Å²) in [5, 5.41) is 7.38. The quantitative estimate of drug-likeness (QED) is 0.449. The number of thiophene rings is 1. The average molecular weight is 541 g/mol. The van der Waals surface area contributed by atoms with Crippen LogP contribution in [0.15, 0.2) is 24.3 Å². The number of morpholine rings is 1. The minimum Gasteiger partial charge on any atom is -0.379 e. The molecule has 2 aliphatic heterocycles. The lowest BCUT2D eigenvalue weighted by atomic mass is 10.0. The lowest BCUT2D eigenvalue weighted by Gasteiger charge is -2.28. The van der Waals surface area contributed by atoms with E-state index in [1.165, 1.54) is 10.4 Å². The first-order chi connectivity index (χ1) is 17.5. The van der Waals surface area contributed by atoms with E-state index < -0.39 is 0 Å². The molecule has 2 aromatic rings. The van der Waals surface area contributed by atoms with Gasteiger partial charge in [0.25, 0.3) is 5.91 Å². The Morgan fingerprint density at radius 2 is 1.61 bits per heavy atom. The molecule has 4 rings (SSSR count). The predicted octanol–water partition coefficient (Wildman–Crippen LogP) is 6.24. The van der Waals surface area contributed by atoms with Gasteiger partial charge in [-0.25, -0.2) is 0 Å². The summed E-state index contributed by atoms with van der Waals surface area (Å²) in [6, 6.07) is 6.90. The van der Waals surface area contributed by atoms with Crippen molar-refractivity contribution >= 4 is 45.9 Å². The van der Waals surface area contributed by atoms with Crippen LogP contribution in [0.5, 0.6) is 0 Å². The van der Waals surface area contributed by atoms with Crippen LogP contribution in [0.1, 0.15) is 62.3 Å². The molecule has 2 aliphatic rings. The average Bonchev–Trinajstić information content (AvgIpc) is 3.31. The fourth-order valence-corrected chi connectivity index (χ4v) is 4.87. The van der Waals surface area contributed by atoms with Crippen LogP contribution in [0.25, 0.3) is 0 Å². The minimum absolute atomic E-state index is 0.166. The zero-order valence-electron chi connectivity index (χ0n) is 23.2. The molecule has 0 bridgehead atoms. The molecule has 0 spiro atoms. The Morgan fingerprint density at radius 3 is 2.14 bits per heavy atom. The molecule has 7 nitrogen and oxygen atoms in total. The van der Waals surface area contributed by atoms with Gasteiger partial charge in [0.2, 0.25) is 6.41 Å². The minimum atomic E-state index is 0.166. The molecule has 204 valence electrons. The van der Waals surface area contributed by atoms with Crippen molar-refractivity contribution < 1.29 is 14.3 Å². The summed E-state index contributed by atoms with van der Waals surface area (Å²) in [5.41, 5.74) is 2.91. The van der Waals surface area contributed by atoms with Gasteiger partial charge in [0.1, 0.15) is 5.00 Å². The van der Waals surface area contributed by atoms with Crippen molar-refractivity contribution in [1.29, 1.82) is 0 Å². The second-order valence-corrected chi connectivity index (χ2v) is 8.66. The number of hydrogen-bond acceptors (Lipinski definition) is 6. The maximum atomic E-state index is 12.8. The fraction of sp³-hybridized carbons (Fsp3) is 0.556. The van der Waals surface area contributed by atoms with Crippen LogP contribution in [0.2, 0.25) is 5.02 Å². The number of nitrogens with zero attached hydrogens (tertiary/aromatic N) is 2. The standard InChI is InChI=1S/C14H21N3O2S.C7H6ClNO.3C2H6/c1-15-13-12(14(18)17-5-7-19-8-6-17)10-3-4-16(2)9-11(10)20-13;8-6-1-3-7(4-2-6)9-5-10;3*1-2/h15H,3-9H2,1-2H3;1-5H,(H,9,10);3*1-2H3. The van der Waals surface area contributed by atoms with Crippen molar-refractivity contribution in [2.75, 3.05) is 57.6 Å². The highest BCUT2D eigenvalue weighted by Crippen LogP contribution is 2.37. The molecule has 0 saturated carbocycles. The third-order valence-corrected chi connectivity index (χ3v) is 6.54. The second kappa shape index (κ2) is 20.0. The van der Waals surface area contributed by atoms with E-state index in [4.69, 9.17) is 16.3 Å². The van der Waals surface area contributed by atoms with Crippen LogP contribution >= 0.6 is 22.9 Å². The van der Waals surface area contributed by atoms with E-state index in [0.29, 0.717) is 37.7 Å². The molecule has 1 fully saturated rings. The molecule has 0 radical (unpaired) electrons. The van der Waals surface area contributed by atoms with Crippen LogP contribution in [-0.2, 0) is 22.5 Å². The monoisotopic (exact) mass is 540 g/mol. The van der Waals surface area contributed by atoms with Gasteiger partial charge in [-0.05, 0) is 43.3 Å². The third-order valence-electron chi connectivity index (χ3n) is 5.06. The number of likely N-dealkylation sites (N-methyl/N-ethyl adjacent to an activating group) is 1. The summed E-state index contributed by atoms with van der Waals surface area (Å²) in [4.78, 5) is 28.3. The number of ether oxygens (including phenoxy) is 1. The zero-order chi connectivity index (χ0) is 27.5. The van der Waals surface area contributed by atoms with E-state index in [9.17, 15) is 9.59 Å². The topological polar surface area (TPSA) is 73.9 Å². The highest BCUT2D eigenvalue weighted by molar-refractivity contribution is 7.16. The van der Waals surface area contributed by atoms with E-state index in [1.807, 2.05) is 53.5 Å². The number of hydrogen-bond donors (Lipinski definition) is 2. The highest BCUT2D eigenvalue weighted by Gasteiger charge is 2.29. The van der Waals surface area contributed by atoms with Gasteiger partial charge in [-0.1, -0.05) is 53.1 Å². The lowest BCUT2D eigenvalue weighted by Crippen LogP contribution is -2.41. The third kappa shape index (κ3) is 10.5. The summed E-state index contributed by atoms with van der Waals surface area (Å²) in [6.45, 7) is 16.7. The summed E-state index contributed by atoms with van der Waals surface area (Å²) in [6.07, 6.45) is 1.60.